The summed E-state index contributed by atoms with van der Waals surface area (Å²) >= 11 is 0. The highest BCUT2D eigenvalue weighted by Gasteiger charge is 2.21. The third-order valence-corrected chi connectivity index (χ3v) is 3.75. The topological polar surface area (TPSA) is 59.9 Å². The minimum absolute atomic E-state index is 0.240. The zero-order valence-corrected chi connectivity index (χ0v) is 13.8. The maximum absolute atomic E-state index is 12.2. The standard InChI is InChI=1S/C19H18N2O3/c1-12-4-6-13(7-5-12)18-20-16(19(22)21-18)11-14-10-15(23-2)8-9-17(14)24-3/h4-11H,1-3H3,(H,20,21,22)/b16-11-. The number of hydrogen-bond acceptors (Lipinski definition) is 4. The number of hydrogen-bond donors (Lipinski definition) is 1. The van der Waals surface area contributed by atoms with E-state index in [1.54, 1.807) is 38.5 Å². The predicted octanol–water partition coefficient (Wildman–Crippen LogP) is 2.93. The van der Waals surface area contributed by atoms with E-state index in [4.69, 9.17) is 9.47 Å². The van der Waals surface area contributed by atoms with Gasteiger partial charge in [0, 0.05) is 11.1 Å². The van der Waals surface area contributed by atoms with Gasteiger partial charge >= 0.3 is 0 Å². The minimum atomic E-state index is -0.240. The van der Waals surface area contributed by atoms with Crippen LogP contribution in [-0.2, 0) is 4.79 Å². The number of carbonyl (C=O) groups is 1. The first-order valence-electron chi connectivity index (χ1n) is 7.51. The largest absolute Gasteiger partial charge is 0.497 e. The molecule has 0 atom stereocenters. The van der Waals surface area contributed by atoms with Gasteiger partial charge in [-0.25, -0.2) is 4.99 Å². The summed E-state index contributed by atoms with van der Waals surface area (Å²) in [5.74, 6) is 1.64. The normalized spacial score (nSPS) is 15.2. The number of nitrogens with zero attached hydrogens (tertiary/aromatic N) is 1. The van der Waals surface area contributed by atoms with Gasteiger partial charge in [0.2, 0.25) is 0 Å². The molecule has 0 aliphatic carbocycles. The highest BCUT2D eigenvalue weighted by molar-refractivity contribution is 6.19. The van der Waals surface area contributed by atoms with Crippen LogP contribution in [0.4, 0.5) is 0 Å². The molecule has 0 fully saturated rings. The second kappa shape index (κ2) is 6.58. The van der Waals surface area contributed by atoms with Crippen LogP contribution in [0.3, 0.4) is 0 Å². The molecule has 0 bridgehead atoms. The molecule has 1 aliphatic heterocycles. The molecule has 24 heavy (non-hydrogen) atoms. The van der Waals surface area contributed by atoms with Gasteiger partial charge in [-0.05, 0) is 31.2 Å². The number of nitrogens with one attached hydrogen (secondary N) is 1. The molecule has 0 unspecified atom stereocenters. The fraction of sp³-hybridized carbons (Fsp3) is 0.158. The second-order valence-electron chi connectivity index (χ2n) is 5.42. The smallest absolute Gasteiger partial charge is 0.275 e. The van der Waals surface area contributed by atoms with Crippen LogP contribution in [0.1, 0.15) is 16.7 Å². The van der Waals surface area contributed by atoms with Crippen molar-refractivity contribution in [3.63, 3.8) is 0 Å². The third-order valence-electron chi connectivity index (χ3n) is 3.75. The molecular weight excluding hydrogens is 304 g/mol. The van der Waals surface area contributed by atoms with E-state index in [2.05, 4.69) is 10.3 Å². The fourth-order valence-corrected chi connectivity index (χ4v) is 2.42. The summed E-state index contributed by atoms with van der Waals surface area (Å²) < 4.78 is 10.6. The molecule has 2 aromatic rings. The Balaban J connectivity index is 1.98. The van der Waals surface area contributed by atoms with Gasteiger partial charge < -0.3 is 14.8 Å². The zero-order valence-electron chi connectivity index (χ0n) is 13.8. The zero-order chi connectivity index (χ0) is 17.1. The van der Waals surface area contributed by atoms with Crippen molar-refractivity contribution >= 4 is 17.8 Å². The van der Waals surface area contributed by atoms with Gasteiger partial charge in [0.05, 0.1) is 14.2 Å². The second-order valence-corrected chi connectivity index (χ2v) is 5.42. The number of benzene rings is 2. The van der Waals surface area contributed by atoms with Gasteiger partial charge in [-0.3, -0.25) is 4.79 Å². The van der Waals surface area contributed by atoms with E-state index in [0.717, 1.165) is 16.7 Å². The first-order valence-corrected chi connectivity index (χ1v) is 7.51. The van der Waals surface area contributed by atoms with E-state index in [1.807, 2.05) is 31.2 Å². The van der Waals surface area contributed by atoms with Crippen molar-refractivity contribution in [3.8, 4) is 11.5 Å². The summed E-state index contributed by atoms with van der Waals surface area (Å²) in [7, 11) is 3.17. The Labute approximate surface area is 140 Å². The Bertz CT molecular complexity index is 836. The molecule has 5 nitrogen and oxygen atoms in total. The average molecular weight is 322 g/mol. The number of amidine groups is 1. The van der Waals surface area contributed by atoms with Gasteiger partial charge in [0.15, 0.2) is 0 Å². The number of ether oxygens (including phenoxy) is 2. The van der Waals surface area contributed by atoms with Gasteiger partial charge in [0.25, 0.3) is 5.91 Å². The van der Waals surface area contributed by atoms with Crippen molar-refractivity contribution in [2.75, 3.05) is 14.2 Å². The lowest BCUT2D eigenvalue weighted by Gasteiger charge is -2.07. The summed E-state index contributed by atoms with van der Waals surface area (Å²) in [6.45, 7) is 2.01. The quantitative estimate of drug-likeness (QED) is 0.881. The molecule has 0 saturated carbocycles. The molecule has 3 rings (SSSR count). The van der Waals surface area contributed by atoms with Crippen molar-refractivity contribution in [3.05, 3.63) is 64.9 Å². The summed E-state index contributed by atoms with van der Waals surface area (Å²) in [5, 5.41) is 2.80. The van der Waals surface area contributed by atoms with Gasteiger partial charge in [-0.15, -0.1) is 0 Å². The molecule has 122 valence electrons. The third kappa shape index (κ3) is 3.15. The van der Waals surface area contributed by atoms with Gasteiger partial charge in [0.1, 0.15) is 23.0 Å². The summed E-state index contributed by atoms with van der Waals surface area (Å²) in [4.78, 5) is 16.6. The Morgan fingerprint density at radius 1 is 1.04 bits per heavy atom. The number of methoxy groups -OCH3 is 2. The monoisotopic (exact) mass is 322 g/mol. The number of aryl methyl sites for hydroxylation is 1. The van der Waals surface area contributed by atoms with Crippen molar-refractivity contribution in [1.29, 1.82) is 0 Å². The van der Waals surface area contributed by atoms with Gasteiger partial charge in [-0.2, -0.15) is 0 Å². The number of aliphatic imine (C=N–C) groups is 1. The van der Waals surface area contributed by atoms with Gasteiger partial charge in [-0.1, -0.05) is 29.8 Å². The lowest BCUT2D eigenvalue weighted by atomic mass is 10.1. The lowest BCUT2D eigenvalue weighted by molar-refractivity contribution is -0.115. The van der Waals surface area contributed by atoms with E-state index in [9.17, 15) is 4.79 Å². The molecule has 1 aliphatic rings. The molecule has 5 heteroatoms. The van der Waals surface area contributed by atoms with Crippen molar-refractivity contribution in [2.45, 2.75) is 6.92 Å². The van der Waals surface area contributed by atoms with E-state index >= 15 is 0 Å². The van der Waals surface area contributed by atoms with E-state index < -0.39 is 0 Å². The summed E-state index contributed by atoms with van der Waals surface area (Å²) in [6.07, 6.45) is 1.69. The molecule has 0 aromatic heterocycles. The van der Waals surface area contributed by atoms with Crippen LogP contribution in [0.2, 0.25) is 0 Å². The molecule has 2 aromatic carbocycles. The number of carbonyl (C=O) groups excluding carboxylic acids is 1. The summed E-state index contributed by atoms with van der Waals surface area (Å²) in [6, 6.07) is 13.2. The van der Waals surface area contributed by atoms with Crippen LogP contribution < -0.4 is 14.8 Å². The van der Waals surface area contributed by atoms with Crippen LogP contribution in [0.15, 0.2) is 53.2 Å². The van der Waals surface area contributed by atoms with Crippen molar-refractivity contribution in [1.82, 2.24) is 5.32 Å². The number of amides is 1. The molecule has 0 spiro atoms. The van der Waals surface area contributed by atoms with Crippen LogP contribution in [-0.4, -0.2) is 26.0 Å². The Kier molecular flexibility index (Phi) is 4.33. The highest BCUT2D eigenvalue weighted by atomic mass is 16.5. The SMILES string of the molecule is COc1ccc(OC)c(/C=C2\N=C(c3ccc(C)cc3)NC2=O)c1. The van der Waals surface area contributed by atoms with E-state index in [1.165, 1.54) is 0 Å². The lowest BCUT2D eigenvalue weighted by Crippen LogP contribution is -2.24. The summed E-state index contributed by atoms with van der Waals surface area (Å²) in [5.41, 5.74) is 3.09. The number of rotatable bonds is 4. The molecule has 0 saturated heterocycles. The van der Waals surface area contributed by atoms with Crippen molar-refractivity contribution < 1.29 is 14.3 Å². The maximum atomic E-state index is 12.2. The Morgan fingerprint density at radius 3 is 2.46 bits per heavy atom. The minimum Gasteiger partial charge on any atom is -0.497 e. The Morgan fingerprint density at radius 2 is 1.79 bits per heavy atom. The highest BCUT2D eigenvalue weighted by Crippen LogP contribution is 2.27. The van der Waals surface area contributed by atoms with Crippen LogP contribution in [0, 0.1) is 6.92 Å². The molecular formula is C19H18N2O3. The van der Waals surface area contributed by atoms with E-state index in [-0.39, 0.29) is 5.91 Å². The van der Waals surface area contributed by atoms with Crippen LogP contribution in [0.5, 0.6) is 11.5 Å². The molecule has 1 N–H and O–H groups in total. The fourth-order valence-electron chi connectivity index (χ4n) is 2.42. The van der Waals surface area contributed by atoms with Crippen LogP contribution >= 0.6 is 0 Å². The van der Waals surface area contributed by atoms with Crippen molar-refractivity contribution in [2.24, 2.45) is 4.99 Å². The predicted molar refractivity (Wildman–Crippen MR) is 93.4 cm³/mol. The first-order chi connectivity index (χ1) is 11.6. The van der Waals surface area contributed by atoms with E-state index in [0.29, 0.717) is 23.0 Å². The Hall–Kier alpha value is -3.08. The molecule has 1 amide bonds. The average Bonchev–Trinajstić information content (AvgIpc) is 2.96. The molecule has 0 radical (unpaired) electrons. The maximum Gasteiger partial charge on any atom is 0.275 e. The van der Waals surface area contributed by atoms with Crippen LogP contribution in [0.25, 0.3) is 6.08 Å². The molecule has 1 heterocycles. The first kappa shape index (κ1) is 15.8.